The third-order valence-corrected chi connectivity index (χ3v) is 3.04. The maximum absolute atomic E-state index is 11.7. The van der Waals surface area contributed by atoms with Crippen molar-refractivity contribution in [3.05, 3.63) is 29.8 Å². The Hall–Kier alpha value is -1.51. The predicted octanol–water partition coefficient (Wildman–Crippen LogP) is 2.88. The van der Waals surface area contributed by atoms with Crippen LogP contribution >= 0.6 is 0 Å². The van der Waals surface area contributed by atoms with E-state index >= 15 is 0 Å². The molecule has 0 spiro atoms. The number of nitrogens with one attached hydrogen (secondary N) is 1. The Morgan fingerprint density at radius 3 is 2.41 bits per heavy atom. The fraction of sp³-hybridized carbons (Fsp3) is 0.500. The van der Waals surface area contributed by atoms with Gasteiger partial charge in [0, 0.05) is 12.1 Å². The van der Waals surface area contributed by atoms with Crippen molar-refractivity contribution in [2.75, 3.05) is 5.73 Å². The van der Waals surface area contributed by atoms with Crippen LogP contribution < -0.4 is 11.1 Å². The van der Waals surface area contributed by atoms with E-state index in [1.807, 2.05) is 31.2 Å². The van der Waals surface area contributed by atoms with Gasteiger partial charge in [-0.15, -0.1) is 0 Å². The van der Waals surface area contributed by atoms with E-state index in [0.717, 1.165) is 17.7 Å². The van der Waals surface area contributed by atoms with Gasteiger partial charge < -0.3 is 11.1 Å². The maximum atomic E-state index is 11.7. The zero-order valence-electron chi connectivity index (χ0n) is 10.9. The van der Waals surface area contributed by atoms with Crippen LogP contribution in [-0.4, -0.2) is 5.91 Å². The highest BCUT2D eigenvalue weighted by Gasteiger charge is 2.11. The molecule has 94 valence electrons. The van der Waals surface area contributed by atoms with Crippen LogP contribution in [0.3, 0.4) is 0 Å². The molecule has 3 nitrogen and oxygen atoms in total. The fourth-order valence-corrected chi connectivity index (χ4v) is 1.63. The van der Waals surface area contributed by atoms with Crippen molar-refractivity contribution >= 4 is 11.6 Å². The van der Waals surface area contributed by atoms with E-state index in [9.17, 15) is 4.79 Å². The summed E-state index contributed by atoms with van der Waals surface area (Å²) in [6.45, 7) is 6.18. The van der Waals surface area contributed by atoms with Crippen molar-refractivity contribution in [2.24, 2.45) is 5.92 Å². The van der Waals surface area contributed by atoms with Gasteiger partial charge in [-0.3, -0.25) is 4.79 Å². The lowest BCUT2D eigenvalue weighted by Gasteiger charge is -2.16. The summed E-state index contributed by atoms with van der Waals surface area (Å²) in [6.07, 6.45) is 1.62. The number of nitrogens with two attached hydrogens (primary N) is 1. The van der Waals surface area contributed by atoms with Crippen LogP contribution in [0.15, 0.2) is 24.3 Å². The molecule has 1 rings (SSSR count). The largest absolute Gasteiger partial charge is 0.399 e. The first-order valence-corrected chi connectivity index (χ1v) is 6.17. The van der Waals surface area contributed by atoms with Gasteiger partial charge in [0.15, 0.2) is 0 Å². The average Bonchev–Trinajstić information content (AvgIpc) is 2.29. The van der Waals surface area contributed by atoms with Crippen LogP contribution in [0.5, 0.6) is 0 Å². The van der Waals surface area contributed by atoms with Gasteiger partial charge in [-0.25, -0.2) is 0 Å². The summed E-state index contributed by atoms with van der Waals surface area (Å²) < 4.78 is 0. The molecule has 17 heavy (non-hydrogen) atoms. The van der Waals surface area contributed by atoms with Gasteiger partial charge in [0.25, 0.3) is 0 Å². The summed E-state index contributed by atoms with van der Waals surface area (Å²) in [5, 5.41) is 3.00. The molecule has 1 aromatic carbocycles. The van der Waals surface area contributed by atoms with Gasteiger partial charge in [-0.1, -0.05) is 32.4 Å². The predicted molar refractivity (Wildman–Crippen MR) is 71.5 cm³/mol. The first-order valence-electron chi connectivity index (χ1n) is 6.17. The molecule has 0 saturated heterocycles. The Bertz CT molecular complexity index is 359. The molecule has 3 heteroatoms. The van der Waals surface area contributed by atoms with Crippen LogP contribution in [0.4, 0.5) is 5.69 Å². The molecule has 0 saturated carbocycles. The molecular weight excluding hydrogens is 212 g/mol. The summed E-state index contributed by atoms with van der Waals surface area (Å²) in [5.74, 6) is 0.553. The standard InChI is InChI=1S/C14H22N2O/c1-4-10(2)9-14(17)16-11(3)12-5-7-13(15)8-6-12/h5-8,10-11H,4,9,15H2,1-3H3,(H,16,17). The Morgan fingerprint density at radius 2 is 1.88 bits per heavy atom. The number of carbonyl (C=O) groups is 1. The van der Waals surface area contributed by atoms with Gasteiger partial charge in [0.05, 0.1) is 6.04 Å². The number of rotatable bonds is 5. The molecule has 2 atom stereocenters. The Morgan fingerprint density at radius 1 is 1.29 bits per heavy atom. The summed E-state index contributed by atoms with van der Waals surface area (Å²) >= 11 is 0. The monoisotopic (exact) mass is 234 g/mol. The molecule has 0 aliphatic heterocycles. The number of carbonyl (C=O) groups excluding carboxylic acids is 1. The van der Waals surface area contributed by atoms with Gasteiger partial charge in [-0.2, -0.15) is 0 Å². The quantitative estimate of drug-likeness (QED) is 0.770. The number of nitrogen functional groups attached to an aromatic ring is 1. The molecule has 0 heterocycles. The van der Waals surface area contributed by atoms with Crippen molar-refractivity contribution in [2.45, 2.75) is 39.7 Å². The molecule has 3 N–H and O–H groups in total. The highest BCUT2D eigenvalue weighted by molar-refractivity contribution is 5.76. The van der Waals surface area contributed by atoms with Crippen LogP contribution in [0.25, 0.3) is 0 Å². The number of hydrogen-bond donors (Lipinski definition) is 2. The second-order valence-electron chi connectivity index (χ2n) is 4.67. The average molecular weight is 234 g/mol. The van der Waals surface area contributed by atoms with Crippen LogP contribution in [0.1, 0.15) is 45.2 Å². The van der Waals surface area contributed by atoms with E-state index in [4.69, 9.17) is 5.73 Å². The minimum atomic E-state index is 0.0344. The first kappa shape index (κ1) is 13.6. The van der Waals surface area contributed by atoms with E-state index < -0.39 is 0 Å². The van der Waals surface area contributed by atoms with E-state index in [-0.39, 0.29) is 11.9 Å². The third kappa shape index (κ3) is 4.47. The lowest BCUT2D eigenvalue weighted by molar-refractivity contribution is -0.122. The summed E-state index contributed by atoms with van der Waals surface area (Å²) in [5.41, 5.74) is 7.45. The van der Waals surface area contributed by atoms with Crippen LogP contribution in [0.2, 0.25) is 0 Å². The molecule has 0 aliphatic carbocycles. The fourth-order valence-electron chi connectivity index (χ4n) is 1.63. The molecule has 1 amide bonds. The number of anilines is 1. The van der Waals surface area contributed by atoms with Crippen molar-refractivity contribution in [3.63, 3.8) is 0 Å². The number of hydrogen-bond acceptors (Lipinski definition) is 2. The second-order valence-corrected chi connectivity index (χ2v) is 4.67. The van der Waals surface area contributed by atoms with Gasteiger partial charge >= 0.3 is 0 Å². The molecule has 0 aromatic heterocycles. The first-order chi connectivity index (χ1) is 8.02. The minimum absolute atomic E-state index is 0.0344. The highest BCUT2D eigenvalue weighted by atomic mass is 16.1. The second kappa shape index (κ2) is 6.28. The minimum Gasteiger partial charge on any atom is -0.399 e. The zero-order chi connectivity index (χ0) is 12.8. The van der Waals surface area contributed by atoms with E-state index in [0.29, 0.717) is 12.3 Å². The number of amides is 1. The Labute approximate surface area is 103 Å². The molecule has 0 radical (unpaired) electrons. The van der Waals surface area contributed by atoms with Crippen molar-refractivity contribution < 1.29 is 4.79 Å². The summed E-state index contributed by atoms with van der Waals surface area (Å²) in [4.78, 5) is 11.7. The topological polar surface area (TPSA) is 55.1 Å². The molecule has 2 unspecified atom stereocenters. The van der Waals surface area contributed by atoms with Crippen molar-refractivity contribution in [3.8, 4) is 0 Å². The van der Waals surface area contributed by atoms with Crippen LogP contribution in [-0.2, 0) is 4.79 Å². The van der Waals surface area contributed by atoms with Crippen LogP contribution in [0, 0.1) is 5.92 Å². The molecule has 0 aliphatic rings. The summed E-state index contributed by atoms with van der Waals surface area (Å²) in [7, 11) is 0. The smallest absolute Gasteiger partial charge is 0.220 e. The lowest BCUT2D eigenvalue weighted by Crippen LogP contribution is -2.27. The Kier molecular flexibility index (Phi) is 5.01. The molecular formula is C14H22N2O. The molecule has 0 bridgehead atoms. The third-order valence-electron chi connectivity index (χ3n) is 3.04. The highest BCUT2D eigenvalue weighted by Crippen LogP contribution is 2.15. The SMILES string of the molecule is CCC(C)CC(=O)NC(C)c1ccc(N)cc1. The van der Waals surface area contributed by atoms with Gasteiger partial charge in [0.2, 0.25) is 5.91 Å². The van der Waals surface area contributed by atoms with Crippen molar-refractivity contribution in [1.82, 2.24) is 5.32 Å². The van der Waals surface area contributed by atoms with Gasteiger partial charge in [0.1, 0.15) is 0 Å². The molecule has 0 fully saturated rings. The summed E-state index contributed by atoms with van der Waals surface area (Å²) in [6, 6.07) is 7.64. The maximum Gasteiger partial charge on any atom is 0.220 e. The van der Waals surface area contributed by atoms with Gasteiger partial charge in [-0.05, 0) is 30.5 Å². The number of benzene rings is 1. The van der Waals surface area contributed by atoms with E-state index in [1.165, 1.54) is 0 Å². The lowest BCUT2D eigenvalue weighted by atomic mass is 10.0. The van der Waals surface area contributed by atoms with E-state index in [2.05, 4.69) is 19.2 Å². The van der Waals surface area contributed by atoms with Crippen molar-refractivity contribution in [1.29, 1.82) is 0 Å². The normalized spacial score (nSPS) is 14.1. The molecule has 1 aromatic rings. The Balaban J connectivity index is 2.51. The zero-order valence-corrected chi connectivity index (χ0v) is 10.9. The van der Waals surface area contributed by atoms with E-state index in [1.54, 1.807) is 0 Å².